The van der Waals surface area contributed by atoms with E-state index in [2.05, 4.69) is 28.2 Å². The number of nitrogens with one attached hydrogen (secondary N) is 1. The molecule has 1 atom stereocenters. The van der Waals surface area contributed by atoms with Crippen molar-refractivity contribution in [2.45, 2.75) is 19.9 Å². The number of ether oxygens (including phenoxy) is 1. The molecule has 0 amide bonds. The maximum absolute atomic E-state index is 6.26. The van der Waals surface area contributed by atoms with Crippen LogP contribution in [0.25, 0.3) is 0 Å². The van der Waals surface area contributed by atoms with Gasteiger partial charge in [0.25, 0.3) is 0 Å². The van der Waals surface area contributed by atoms with Crippen LogP contribution in [0.5, 0.6) is 0 Å². The molecule has 2 nitrogen and oxygen atoms in total. The minimum Gasteiger partial charge on any atom is -0.380 e. The third-order valence-electron chi connectivity index (χ3n) is 2.30. The summed E-state index contributed by atoms with van der Waals surface area (Å²) in [6.45, 7) is 6.31. The molecule has 16 heavy (non-hydrogen) atoms. The minimum absolute atomic E-state index is 0.148. The molecule has 1 aromatic rings. The molecule has 0 spiro atoms. The summed E-state index contributed by atoms with van der Waals surface area (Å²) >= 11 is 9.69. The van der Waals surface area contributed by atoms with E-state index in [9.17, 15) is 0 Å². The Balaban J connectivity index is 2.86. The highest BCUT2D eigenvalue weighted by Crippen LogP contribution is 2.30. The van der Waals surface area contributed by atoms with E-state index in [1.807, 2.05) is 25.1 Å². The second kappa shape index (κ2) is 7.28. The Morgan fingerprint density at radius 1 is 1.44 bits per heavy atom. The minimum atomic E-state index is 0.148. The number of benzene rings is 1. The van der Waals surface area contributed by atoms with Crippen LogP contribution in [-0.4, -0.2) is 19.8 Å². The Hall–Kier alpha value is -0.0900. The Bertz CT molecular complexity index is 333. The Labute approximate surface area is 110 Å². The Morgan fingerprint density at radius 2 is 2.19 bits per heavy atom. The van der Waals surface area contributed by atoms with Crippen molar-refractivity contribution in [2.75, 3.05) is 19.8 Å². The van der Waals surface area contributed by atoms with E-state index in [-0.39, 0.29) is 6.04 Å². The van der Waals surface area contributed by atoms with Gasteiger partial charge in [0, 0.05) is 11.1 Å². The zero-order valence-electron chi connectivity index (χ0n) is 9.59. The van der Waals surface area contributed by atoms with Gasteiger partial charge in [-0.1, -0.05) is 30.7 Å². The quantitative estimate of drug-likeness (QED) is 0.863. The smallest absolute Gasteiger partial charge is 0.0661 e. The number of halogens is 2. The topological polar surface area (TPSA) is 21.3 Å². The fourth-order valence-electron chi connectivity index (χ4n) is 1.53. The van der Waals surface area contributed by atoms with E-state index in [4.69, 9.17) is 16.3 Å². The van der Waals surface area contributed by atoms with Crippen LogP contribution in [0, 0.1) is 0 Å². The van der Waals surface area contributed by atoms with Gasteiger partial charge in [-0.05, 0) is 41.0 Å². The normalized spacial score (nSPS) is 12.8. The molecule has 0 fully saturated rings. The molecular weight excluding hydrogens is 289 g/mol. The van der Waals surface area contributed by atoms with Gasteiger partial charge in [0.05, 0.1) is 17.7 Å². The molecule has 0 saturated carbocycles. The molecule has 1 unspecified atom stereocenters. The van der Waals surface area contributed by atoms with E-state index in [0.717, 1.165) is 21.6 Å². The van der Waals surface area contributed by atoms with Crippen LogP contribution in [0.4, 0.5) is 0 Å². The maximum Gasteiger partial charge on any atom is 0.0661 e. The predicted octanol–water partition coefficient (Wildman–Crippen LogP) is 3.79. The van der Waals surface area contributed by atoms with Gasteiger partial charge < -0.3 is 10.1 Å². The maximum atomic E-state index is 6.26. The van der Waals surface area contributed by atoms with Crippen molar-refractivity contribution >= 4 is 27.5 Å². The third-order valence-corrected chi connectivity index (χ3v) is 3.61. The lowest BCUT2D eigenvalue weighted by atomic mass is 10.1. The van der Waals surface area contributed by atoms with Crippen molar-refractivity contribution in [2.24, 2.45) is 0 Å². The summed E-state index contributed by atoms with van der Waals surface area (Å²) in [5, 5.41) is 4.13. The van der Waals surface area contributed by atoms with Crippen molar-refractivity contribution in [1.82, 2.24) is 5.32 Å². The molecule has 1 aromatic carbocycles. The lowest BCUT2D eigenvalue weighted by Gasteiger charge is -2.19. The van der Waals surface area contributed by atoms with Gasteiger partial charge in [0.15, 0.2) is 0 Å². The molecule has 1 N–H and O–H groups in total. The van der Waals surface area contributed by atoms with Crippen molar-refractivity contribution in [3.05, 3.63) is 33.3 Å². The third kappa shape index (κ3) is 3.74. The standard InChI is InChI=1S/C12H17BrClNO/c1-3-15-11(8-16-4-2)9-6-5-7-10(13)12(9)14/h5-7,11,15H,3-4,8H2,1-2H3. The molecule has 0 radical (unpaired) electrons. The van der Waals surface area contributed by atoms with Crippen molar-refractivity contribution in [3.8, 4) is 0 Å². The summed E-state index contributed by atoms with van der Waals surface area (Å²) in [5.41, 5.74) is 1.08. The summed E-state index contributed by atoms with van der Waals surface area (Å²) in [6.07, 6.45) is 0. The molecule has 0 aliphatic heterocycles. The lowest BCUT2D eigenvalue weighted by molar-refractivity contribution is 0.123. The molecule has 90 valence electrons. The number of hydrogen-bond acceptors (Lipinski definition) is 2. The highest BCUT2D eigenvalue weighted by Gasteiger charge is 2.15. The summed E-state index contributed by atoms with van der Waals surface area (Å²) in [5.74, 6) is 0. The van der Waals surface area contributed by atoms with Gasteiger partial charge in [-0.15, -0.1) is 0 Å². The average molecular weight is 307 g/mol. The highest BCUT2D eigenvalue weighted by molar-refractivity contribution is 9.10. The van der Waals surface area contributed by atoms with Crippen LogP contribution in [0.3, 0.4) is 0 Å². The molecule has 1 rings (SSSR count). The largest absolute Gasteiger partial charge is 0.380 e. The predicted molar refractivity (Wildman–Crippen MR) is 72.1 cm³/mol. The van der Waals surface area contributed by atoms with Gasteiger partial charge >= 0.3 is 0 Å². The highest BCUT2D eigenvalue weighted by atomic mass is 79.9. The van der Waals surface area contributed by atoms with Crippen molar-refractivity contribution < 1.29 is 4.74 Å². The second-order valence-electron chi connectivity index (χ2n) is 3.41. The first-order chi connectivity index (χ1) is 7.70. The Morgan fingerprint density at radius 3 is 2.81 bits per heavy atom. The molecule has 4 heteroatoms. The monoisotopic (exact) mass is 305 g/mol. The lowest BCUT2D eigenvalue weighted by Crippen LogP contribution is -2.25. The van der Waals surface area contributed by atoms with Gasteiger partial charge in [-0.3, -0.25) is 0 Å². The zero-order chi connectivity index (χ0) is 12.0. The number of hydrogen-bond donors (Lipinski definition) is 1. The first-order valence-electron chi connectivity index (χ1n) is 5.45. The molecule has 0 saturated heterocycles. The molecule has 0 aromatic heterocycles. The molecule has 0 heterocycles. The summed E-state index contributed by atoms with van der Waals surface area (Å²) in [6, 6.07) is 6.10. The average Bonchev–Trinajstić information content (AvgIpc) is 2.28. The molecular formula is C12H17BrClNO. The summed E-state index contributed by atoms with van der Waals surface area (Å²) in [7, 11) is 0. The summed E-state index contributed by atoms with van der Waals surface area (Å²) in [4.78, 5) is 0. The van der Waals surface area contributed by atoms with Crippen LogP contribution in [0.2, 0.25) is 5.02 Å². The van der Waals surface area contributed by atoms with E-state index >= 15 is 0 Å². The fourth-order valence-corrected chi connectivity index (χ4v) is 2.17. The van der Waals surface area contributed by atoms with Crippen LogP contribution < -0.4 is 5.32 Å². The van der Waals surface area contributed by atoms with Crippen LogP contribution >= 0.6 is 27.5 Å². The SMILES string of the molecule is CCNC(COCC)c1cccc(Br)c1Cl. The first-order valence-corrected chi connectivity index (χ1v) is 6.62. The Kier molecular flexibility index (Phi) is 6.36. The fraction of sp³-hybridized carbons (Fsp3) is 0.500. The number of likely N-dealkylation sites (N-methyl/N-ethyl adjacent to an activating group) is 1. The first kappa shape index (κ1) is 14.0. The zero-order valence-corrected chi connectivity index (χ0v) is 11.9. The number of rotatable bonds is 6. The second-order valence-corrected chi connectivity index (χ2v) is 4.65. The van der Waals surface area contributed by atoms with Gasteiger partial charge in [-0.25, -0.2) is 0 Å². The van der Waals surface area contributed by atoms with Crippen LogP contribution in [0.1, 0.15) is 25.5 Å². The van der Waals surface area contributed by atoms with Gasteiger partial charge in [0.2, 0.25) is 0 Å². The van der Waals surface area contributed by atoms with E-state index in [1.54, 1.807) is 0 Å². The summed E-state index contributed by atoms with van der Waals surface area (Å²) < 4.78 is 6.38. The van der Waals surface area contributed by atoms with Gasteiger partial charge in [-0.2, -0.15) is 0 Å². The van der Waals surface area contributed by atoms with E-state index < -0.39 is 0 Å². The van der Waals surface area contributed by atoms with E-state index in [0.29, 0.717) is 13.2 Å². The van der Waals surface area contributed by atoms with Crippen LogP contribution in [0.15, 0.2) is 22.7 Å². The molecule has 0 aliphatic rings. The molecule has 0 bridgehead atoms. The van der Waals surface area contributed by atoms with Crippen molar-refractivity contribution in [3.63, 3.8) is 0 Å². The van der Waals surface area contributed by atoms with Crippen molar-refractivity contribution in [1.29, 1.82) is 0 Å². The van der Waals surface area contributed by atoms with E-state index in [1.165, 1.54) is 0 Å². The van der Waals surface area contributed by atoms with Crippen LogP contribution in [-0.2, 0) is 4.74 Å². The van der Waals surface area contributed by atoms with Gasteiger partial charge in [0.1, 0.15) is 0 Å². The molecule has 0 aliphatic carbocycles.